The molecule has 0 amide bonds. The number of nitrogens with zero attached hydrogens (tertiary/aromatic N) is 3. The molecule has 0 aliphatic heterocycles. The van der Waals surface area contributed by atoms with Crippen molar-refractivity contribution >= 4 is 27.6 Å². The molecule has 0 aromatic carbocycles. The average Bonchev–Trinajstić information content (AvgIpc) is 2.41. The molecular formula is C13H21BrN4. The van der Waals surface area contributed by atoms with Crippen molar-refractivity contribution in [3.8, 4) is 0 Å². The first-order valence-corrected chi connectivity index (χ1v) is 7.41. The van der Waals surface area contributed by atoms with E-state index >= 15 is 0 Å². The summed E-state index contributed by atoms with van der Waals surface area (Å²) in [4.78, 5) is 10.6. The molecule has 5 heteroatoms. The molecule has 2 N–H and O–H groups in total. The summed E-state index contributed by atoms with van der Waals surface area (Å²) in [5.74, 6) is 2.32. The molecule has 0 spiro atoms. The SMILES string of the molecule is CCC1CCC(N(C)c2ncnc(N)c2Br)CC1. The summed E-state index contributed by atoms with van der Waals surface area (Å²) < 4.78 is 0.810. The van der Waals surface area contributed by atoms with Crippen molar-refractivity contribution in [2.24, 2.45) is 5.92 Å². The third-order valence-electron chi connectivity index (χ3n) is 4.07. The molecule has 1 aromatic rings. The number of aromatic nitrogens is 2. The molecular weight excluding hydrogens is 292 g/mol. The lowest BCUT2D eigenvalue weighted by Crippen LogP contribution is -2.36. The van der Waals surface area contributed by atoms with Gasteiger partial charge in [0.15, 0.2) is 0 Å². The molecule has 0 radical (unpaired) electrons. The zero-order valence-corrected chi connectivity index (χ0v) is 12.7. The smallest absolute Gasteiger partial charge is 0.148 e. The lowest BCUT2D eigenvalue weighted by molar-refractivity contribution is 0.312. The van der Waals surface area contributed by atoms with Gasteiger partial charge in [-0.3, -0.25) is 0 Å². The highest BCUT2D eigenvalue weighted by molar-refractivity contribution is 9.10. The van der Waals surface area contributed by atoms with Gasteiger partial charge < -0.3 is 10.6 Å². The molecule has 1 aromatic heterocycles. The maximum absolute atomic E-state index is 5.81. The molecule has 1 saturated carbocycles. The summed E-state index contributed by atoms with van der Waals surface area (Å²) >= 11 is 3.48. The predicted molar refractivity (Wildman–Crippen MR) is 78.6 cm³/mol. The van der Waals surface area contributed by atoms with Crippen LogP contribution in [0.4, 0.5) is 11.6 Å². The van der Waals surface area contributed by atoms with Crippen molar-refractivity contribution in [2.45, 2.75) is 45.1 Å². The second kappa shape index (κ2) is 5.87. The number of halogens is 1. The molecule has 4 nitrogen and oxygen atoms in total. The minimum Gasteiger partial charge on any atom is -0.383 e. The fourth-order valence-corrected chi connectivity index (χ4v) is 3.22. The zero-order chi connectivity index (χ0) is 13.1. The van der Waals surface area contributed by atoms with Gasteiger partial charge in [-0.05, 0) is 47.5 Å². The van der Waals surface area contributed by atoms with E-state index in [0.29, 0.717) is 11.9 Å². The number of rotatable bonds is 3. The summed E-state index contributed by atoms with van der Waals surface area (Å²) in [5.41, 5.74) is 5.81. The van der Waals surface area contributed by atoms with Crippen LogP contribution in [0.15, 0.2) is 10.8 Å². The van der Waals surface area contributed by atoms with Crippen molar-refractivity contribution < 1.29 is 0 Å². The van der Waals surface area contributed by atoms with Crippen molar-refractivity contribution in [3.63, 3.8) is 0 Å². The molecule has 0 unspecified atom stereocenters. The van der Waals surface area contributed by atoms with Gasteiger partial charge in [-0.2, -0.15) is 0 Å². The molecule has 1 fully saturated rings. The van der Waals surface area contributed by atoms with Gasteiger partial charge in [0.05, 0.1) is 0 Å². The fourth-order valence-electron chi connectivity index (χ4n) is 2.73. The quantitative estimate of drug-likeness (QED) is 0.931. The van der Waals surface area contributed by atoms with Crippen molar-refractivity contribution in [3.05, 3.63) is 10.8 Å². The Hall–Kier alpha value is -0.840. The maximum Gasteiger partial charge on any atom is 0.148 e. The highest BCUT2D eigenvalue weighted by atomic mass is 79.9. The number of hydrogen-bond donors (Lipinski definition) is 1. The molecule has 2 rings (SSSR count). The van der Waals surface area contributed by atoms with E-state index in [1.54, 1.807) is 0 Å². The number of nitrogens with two attached hydrogens (primary N) is 1. The van der Waals surface area contributed by atoms with Crippen LogP contribution in [0.5, 0.6) is 0 Å². The minimum atomic E-state index is 0.508. The lowest BCUT2D eigenvalue weighted by Gasteiger charge is -2.35. The van der Waals surface area contributed by atoms with Crippen LogP contribution >= 0.6 is 15.9 Å². The Bertz CT molecular complexity index is 402. The lowest BCUT2D eigenvalue weighted by atomic mass is 9.84. The molecule has 0 bridgehead atoms. The zero-order valence-electron chi connectivity index (χ0n) is 11.1. The molecule has 100 valence electrons. The van der Waals surface area contributed by atoms with Gasteiger partial charge in [0.2, 0.25) is 0 Å². The van der Waals surface area contributed by atoms with E-state index in [-0.39, 0.29) is 0 Å². The van der Waals surface area contributed by atoms with E-state index in [1.807, 2.05) is 0 Å². The maximum atomic E-state index is 5.81. The normalized spacial score (nSPS) is 23.9. The number of nitrogen functional groups attached to an aromatic ring is 1. The van der Waals surface area contributed by atoms with E-state index in [4.69, 9.17) is 5.73 Å². The van der Waals surface area contributed by atoms with Crippen LogP contribution in [0.25, 0.3) is 0 Å². The summed E-state index contributed by atoms with van der Waals surface area (Å²) in [6.45, 7) is 2.29. The van der Waals surface area contributed by atoms with Crippen LogP contribution in [0, 0.1) is 5.92 Å². The van der Waals surface area contributed by atoms with Crippen molar-refractivity contribution in [2.75, 3.05) is 17.7 Å². The Labute approximate surface area is 117 Å². The highest BCUT2D eigenvalue weighted by Crippen LogP contribution is 2.34. The molecule has 1 heterocycles. The van der Waals surface area contributed by atoms with Crippen LogP contribution in [-0.4, -0.2) is 23.1 Å². The summed E-state index contributed by atoms with van der Waals surface area (Å²) in [7, 11) is 2.10. The predicted octanol–water partition coefficient (Wildman–Crippen LogP) is 3.23. The van der Waals surface area contributed by atoms with Gasteiger partial charge in [0.25, 0.3) is 0 Å². The fraction of sp³-hybridized carbons (Fsp3) is 0.692. The van der Waals surface area contributed by atoms with Crippen LogP contribution in [-0.2, 0) is 0 Å². The Kier molecular flexibility index (Phi) is 4.43. The summed E-state index contributed by atoms with van der Waals surface area (Å²) in [5, 5.41) is 0. The van der Waals surface area contributed by atoms with Crippen LogP contribution in [0.3, 0.4) is 0 Å². The van der Waals surface area contributed by atoms with Gasteiger partial charge in [-0.25, -0.2) is 9.97 Å². The first kappa shape index (κ1) is 13.6. The second-order valence-corrected chi connectivity index (χ2v) is 5.88. The average molecular weight is 313 g/mol. The van der Waals surface area contributed by atoms with Gasteiger partial charge in [-0.1, -0.05) is 13.3 Å². The van der Waals surface area contributed by atoms with Crippen LogP contribution < -0.4 is 10.6 Å². The van der Waals surface area contributed by atoms with Crippen LogP contribution in [0.1, 0.15) is 39.0 Å². The van der Waals surface area contributed by atoms with Crippen molar-refractivity contribution in [1.82, 2.24) is 9.97 Å². The molecule has 0 atom stereocenters. The van der Waals surface area contributed by atoms with Gasteiger partial charge >= 0.3 is 0 Å². The Morgan fingerprint density at radius 3 is 2.61 bits per heavy atom. The number of hydrogen-bond acceptors (Lipinski definition) is 4. The van der Waals surface area contributed by atoms with E-state index < -0.39 is 0 Å². The third-order valence-corrected chi connectivity index (χ3v) is 4.83. The van der Waals surface area contributed by atoms with E-state index in [2.05, 4.69) is 44.8 Å². The van der Waals surface area contributed by atoms with Crippen molar-refractivity contribution in [1.29, 1.82) is 0 Å². The standard InChI is InChI=1S/C13H21BrN4/c1-3-9-4-6-10(7-5-9)18(2)13-11(14)12(15)16-8-17-13/h8-10H,3-7H2,1-2H3,(H2,15,16,17). The second-order valence-electron chi connectivity index (χ2n) is 5.09. The Morgan fingerprint density at radius 1 is 1.33 bits per heavy atom. The molecule has 0 saturated heterocycles. The summed E-state index contributed by atoms with van der Waals surface area (Å²) in [6.07, 6.45) is 7.97. The monoisotopic (exact) mass is 312 g/mol. The Balaban J connectivity index is 2.08. The number of anilines is 2. The van der Waals surface area contributed by atoms with Gasteiger partial charge in [0, 0.05) is 13.1 Å². The molecule has 1 aliphatic carbocycles. The summed E-state index contributed by atoms with van der Waals surface area (Å²) in [6, 6.07) is 0.568. The highest BCUT2D eigenvalue weighted by Gasteiger charge is 2.25. The first-order chi connectivity index (χ1) is 8.63. The topological polar surface area (TPSA) is 55.0 Å². The van der Waals surface area contributed by atoms with E-state index in [9.17, 15) is 0 Å². The minimum absolute atomic E-state index is 0.508. The van der Waals surface area contributed by atoms with Gasteiger partial charge in [0.1, 0.15) is 22.4 Å². The van der Waals surface area contributed by atoms with Crippen LogP contribution in [0.2, 0.25) is 0 Å². The van der Waals surface area contributed by atoms with Gasteiger partial charge in [-0.15, -0.1) is 0 Å². The molecule has 1 aliphatic rings. The Morgan fingerprint density at radius 2 is 2.00 bits per heavy atom. The van der Waals surface area contributed by atoms with E-state index in [0.717, 1.165) is 16.2 Å². The first-order valence-electron chi connectivity index (χ1n) is 6.62. The molecule has 18 heavy (non-hydrogen) atoms. The largest absolute Gasteiger partial charge is 0.383 e. The van der Waals surface area contributed by atoms with E-state index in [1.165, 1.54) is 38.4 Å². The third kappa shape index (κ3) is 2.76.